The van der Waals surface area contributed by atoms with Gasteiger partial charge in [0.2, 0.25) is 0 Å². The summed E-state index contributed by atoms with van der Waals surface area (Å²) < 4.78 is 5.64. The molecule has 0 saturated heterocycles. The summed E-state index contributed by atoms with van der Waals surface area (Å²) in [6.07, 6.45) is 0. The Morgan fingerprint density at radius 1 is 1.11 bits per heavy atom. The number of hydrogen-bond acceptors (Lipinski definition) is 3. The van der Waals surface area contributed by atoms with Crippen molar-refractivity contribution in [2.45, 2.75) is 0 Å². The molecule has 0 spiro atoms. The number of hydrogen-bond donors (Lipinski definition) is 3. The minimum atomic E-state index is -0.263. The number of amides is 2. The molecule has 0 heterocycles. The van der Waals surface area contributed by atoms with Crippen LogP contribution in [0.4, 0.5) is 16.2 Å². The highest BCUT2D eigenvalue weighted by Gasteiger charge is 2.02. The van der Waals surface area contributed by atoms with Crippen molar-refractivity contribution in [3.8, 4) is 11.5 Å². The molecule has 0 aliphatic rings. The number of rotatable bonds is 3. The van der Waals surface area contributed by atoms with Crippen molar-refractivity contribution in [2.24, 2.45) is 0 Å². The van der Waals surface area contributed by atoms with Crippen LogP contribution in [0, 0.1) is 0 Å². The minimum absolute atomic E-state index is 0.263. The van der Waals surface area contributed by atoms with E-state index in [0.717, 1.165) is 0 Å². The predicted octanol–water partition coefficient (Wildman–Crippen LogP) is 2.81. The lowest BCUT2D eigenvalue weighted by molar-refractivity contribution is 0.254. The highest BCUT2D eigenvalue weighted by molar-refractivity contribution is 5.88. The van der Waals surface area contributed by atoms with Crippen LogP contribution in [0.25, 0.3) is 0 Å². The average molecular weight is 257 g/mol. The molecular formula is C14H15N3O2. The van der Waals surface area contributed by atoms with Crippen LogP contribution in [0.15, 0.2) is 48.5 Å². The van der Waals surface area contributed by atoms with Gasteiger partial charge in [-0.05, 0) is 36.4 Å². The first-order chi connectivity index (χ1) is 9.19. The standard InChI is InChI=1S/C14H15N3O2/c1-16-14(18)17-10-6-8-11(9-7-10)19-13-5-3-2-4-12(13)15/h2-9H,15H2,1H3,(H2,16,17,18). The van der Waals surface area contributed by atoms with Gasteiger partial charge in [-0.1, -0.05) is 12.1 Å². The summed E-state index contributed by atoms with van der Waals surface area (Å²) >= 11 is 0. The molecule has 0 aliphatic carbocycles. The lowest BCUT2D eigenvalue weighted by atomic mass is 10.3. The number of carbonyl (C=O) groups excluding carboxylic acids is 1. The number of urea groups is 1. The molecule has 0 unspecified atom stereocenters. The van der Waals surface area contributed by atoms with E-state index in [2.05, 4.69) is 10.6 Å². The second-order valence-electron chi connectivity index (χ2n) is 3.87. The molecule has 2 amide bonds. The molecule has 5 nitrogen and oxygen atoms in total. The van der Waals surface area contributed by atoms with Crippen LogP contribution in [0.2, 0.25) is 0 Å². The summed E-state index contributed by atoms with van der Waals surface area (Å²) in [4.78, 5) is 11.1. The van der Waals surface area contributed by atoms with Gasteiger partial charge in [-0.2, -0.15) is 0 Å². The van der Waals surface area contributed by atoms with Crippen LogP contribution in [0.1, 0.15) is 0 Å². The van der Waals surface area contributed by atoms with Gasteiger partial charge in [0.25, 0.3) is 0 Å². The molecule has 2 rings (SSSR count). The first-order valence-electron chi connectivity index (χ1n) is 5.80. The van der Waals surface area contributed by atoms with Gasteiger partial charge in [0, 0.05) is 12.7 Å². The zero-order valence-corrected chi connectivity index (χ0v) is 10.5. The largest absolute Gasteiger partial charge is 0.455 e. The Morgan fingerprint density at radius 3 is 2.42 bits per heavy atom. The van der Waals surface area contributed by atoms with Crippen molar-refractivity contribution in [3.63, 3.8) is 0 Å². The quantitative estimate of drug-likeness (QED) is 0.740. The summed E-state index contributed by atoms with van der Waals surface area (Å²) in [5, 5.41) is 5.14. The SMILES string of the molecule is CNC(=O)Nc1ccc(Oc2ccccc2N)cc1. The molecule has 4 N–H and O–H groups in total. The van der Waals surface area contributed by atoms with E-state index in [0.29, 0.717) is 22.9 Å². The number of nitrogen functional groups attached to an aromatic ring is 1. The molecule has 0 fully saturated rings. The van der Waals surface area contributed by atoms with E-state index in [4.69, 9.17) is 10.5 Å². The van der Waals surface area contributed by atoms with E-state index < -0.39 is 0 Å². The normalized spacial score (nSPS) is 9.74. The third kappa shape index (κ3) is 3.38. The molecule has 0 aromatic heterocycles. The fourth-order valence-corrected chi connectivity index (χ4v) is 1.50. The Balaban J connectivity index is 2.07. The van der Waals surface area contributed by atoms with E-state index in [1.54, 1.807) is 43.4 Å². The van der Waals surface area contributed by atoms with Gasteiger partial charge in [-0.3, -0.25) is 0 Å². The van der Waals surface area contributed by atoms with E-state index in [1.165, 1.54) is 0 Å². The van der Waals surface area contributed by atoms with E-state index >= 15 is 0 Å². The monoisotopic (exact) mass is 257 g/mol. The van der Waals surface area contributed by atoms with Gasteiger partial charge in [-0.15, -0.1) is 0 Å². The van der Waals surface area contributed by atoms with Gasteiger partial charge >= 0.3 is 6.03 Å². The molecule has 0 aliphatic heterocycles. The minimum Gasteiger partial charge on any atom is -0.455 e. The van der Waals surface area contributed by atoms with Crippen LogP contribution >= 0.6 is 0 Å². The first-order valence-corrected chi connectivity index (χ1v) is 5.80. The number of anilines is 2. The van der Waals surface area contributed by atoms with Crippen LogP contribution in [0.3, 0.4) is 0 Å². The zero-order chi connectivity index (χ0) is 13.7. The number of nitrogens with one attached hydrogen (secondary N) is 2. The molecule has 0 radical (unpaired) electrons. The van der Waals surface area contributed by atoms with Gasteiger partial charge in [0.15, 0.2) is 0 Å². The van der Waals surface area contributed by atoms with Gasteiger partial charge in [0.05, 0.1) is 5.69 Å². The maximum atomic E-state index is 11.1. The molecule has 0 bridgehead atoms. The molecule has 98 valence electrons. The second kappa shape index (κ2) is 5.77. The van der Waals surface area contributed by atoms with Crippen LogP contribution < -0.4 is 21.1 Å². The third-order valence-corrected chi connectivity index (χ3v) is 2.49. The van der Waals surface area contributed by atoms with Gasteiger partial charge in [0.1, 0.15) is 11.5 Å². The second-order valence-corrected chi connectivity index (χ2v) is 3.87. The topological polar surface area (TPSA) is 76.4 Å². The molecule has 19 heavy (non-hydrogen) atoms. The number of ether oxygens (including phenoxy) is 1. The first kappa shape index (κ1) is 12.8. The summed E-state index contributed by atoms with van der Waals surface area (Å²) in [5.74, 6) is 1.26. The van der Waals surface area contributed by atoms with E-state index in [-0.39, 0.29) is 6.03 Å². The molecule has 2 aromatic rings. The Labute approximate surface area is 111 Å². The summed E-state index contributed by atoms with van der Waals surface area (Å²) in [6, 6.07) is 14.0. The predicted molar refractivity (Wildman–Crippen MR) is 75.4 cm³/mol. The van der Waals surface area contributed by atoms with Gasteiger partial charge < -0.3 is 21.1 Å². The van der Waals surface area contributed by atoms with Gasteiger partial charge in [-0.25, -0.2) is 4.79 Å². The summed E-state index contributed by atoms with van der Waals surface area (Å²) in [5.41, 5.74) is 7.06. The molecule has 0 saturated carbocycles. The van der Waals surface area contributed by atoms with Crippen LogP contribution in [-0.2, 0) is 0 Å². The highest BCUT2D eigenvalue weighted by Crippen LogP contribution is 2.27. The smallest absolute Gasteiger partial charge is 0.318 e. The third-order valence-electron chi connectivity index (χ3n) is 2.49. The number of carbonyl (C=O) groups is 1. The van der Waals surface area contributed by atoms with Crippen molar-refractivity contribution in [1.82, 2.24) is 5.32 Å². The fourth-order valence-electron chi connectivity index (χ4n) is 1.50. The maximum absolute atomic E-state index is 11.1. The van der Waals surface area contributed by atoms with Crippen molar-refractivity contribution in [2.75, 3.05) is 18.1 Å². The summed E-state index contributed by atoms with van der Waals surface area (Å²) in [7, 11) is 1.56. The number of nitrogens with two attached hydrogens (primary N) is 1. The van der Waals surface area contributed by atoms with E-state index in [1.807, 2.05) is 12.1 Å². The Bertz CT molecular complexity index is 567. The average Bonchev–Trinajstić information content (AvgIpc) is 2.43. The lowest BCUT2D eigenvalue weighted by Gasteiger charge is -2.09. The lowest BCUT2D eigenvalue weighted by Crippen LogP contribution is -2.24. The van der Waals surface area contributed by atoms with Crippen molar-refractivity contribution in [3.05, 3.63) is 48.5 Å². The van der Waals surface area contributed by atoms with Crippen LogP contribution in [-0.4, -0.2) is 13.1 Å². The van der Waals surface area contributed by atoms with Crippen molar-refractivity contribution >= 4 is 17.4 Å². The summed E-state index contributed by atoms with van der Waals surface area (Å²) in [6.45, 7) is 0. The van der Waals surface area contributed by atoms with Crippen LogP contribution in [0.5, 0.6) is 11.5 Å². The molecule has 0 atom stereocenters. The van der Waals surface area contributed by atoms with Crippen molar-refractivity contribution < 1.29 is 9.53 Å². The highest BCUT2D eigenvalue weighted by atomic mass is 16.5. The zero-order valence-electron chi connectivity index (χ0n) is 10.5. The molecular weight excluding hydrogens is 242 g/mol. The fraction of sp³-hybridized carbons (Fsp3) is 0.0714. The Morgan fingerprint density at radius 2 is 1.79 bits per heavy atom. The number of benzene rings is 2. The van der Waals surface area contributed by atoms with E-state index in [9.17, 15) is 4.79 Å². The van der Waals surface area contributed by atoms with Crippen molar-refractivity contribution in [1.29, 1.82) is 0 Å². The Hall–Kier alpha value is -2.69. The molecule has 5 heteroatoms. The Kier molecular flexibility index (Phi) is 3.87. The molecule has 2 aromatic carbocycles. The number of para-hydroxylation sites is 2. The maximum Gasteiger partial charge on any atom is 0.318 e.